The van der Waals surface area contributed by atoms with Crippen molar-refractivity contribution in [1.82, 2.24) is 0 Å². The first kappa shape index (κ1) is 13.7. The molecule has 0 amide bonds. The summed E-state index contributed by atoms with van der Waals surface area (Å²) in [6, 6.07) is 8.05. The lowest BCUT2D eigenvalue weighted by atomic mass is 10.1. The van der Waals surface area contributed by atoms with Gasteiger partial charge in [-0.3, -0.25) is 0 Å². The van der Waals surface area contributed by atoms with E-state index in [-0.39, 0.29) is 4.83 Å². The van der Waals surface area contributed by atoms with Gasteiger partial charge in [0.25, 0.3) is 0 Å². The zero-order chi connectivity index (χ0) is 13.1. The molecule has 18 heavy (non-hydrogen) atoms. The summed E-state index contributed by atoms with van der Waals surface area (Å²) in [5, 5.41) is 0. The minimum atomic E-state index is 0.111. The fourth-order valence-corrected chi connectivity index (χ4v) is 3.28. The molecule has 0 N–H and O–H groups in total. The topological polar surface area (TPSA) is 22.4 Å². The number of aryl methyl sites for hydroxylation is 1. The Morgan fingerprint density at radius 3 is 2.67 bits per heavy atom. The van der Waals surface area contributed by atoms with Gasteiger partial charge in [0, 0.05) is 10.0 Å². The number of rotatable bonds is 4. The molecule has 1 aromatic carbocycles. The van der Waals surface area contributed by atoms with Crippen molar-refractivity contribution in [3.05, 3.63) is 51.9 Å². The summed E-state index contributed by atoms with van der Waals surface area (Å²) in [4.78, 5) is 0.111. The lowest BCUT2D eigenvalue weighted by molar-refractivity contribution is 0.340. The normalized spacial score (nSPS) is 12.4. The van der Waals surface area contributed by atoms with Gasteiger partial charge < -0.3 is 9.15 Å². The standard InChI is InChI=1S/C14H14Br2O2/c1-3-17-11-4-5-12(13(15)7-11)14(16)10-6-9(2)18-8-10/h4-8,14H,3H2,1-2H3. The summed E-state index contributed by atoms with van der Waals surface area (Å²) in [6.07, 6.45) is 1.78. The number of halogens is 2. The fraction of sp³-hybridized carbons (Fsp3) is 0.286. The molecule has 2 nitrogen and oxygen atoms in total. The first-order valence-electron chi connectivity index (χ1n) is 5.73. The molecule has 1 atom stereocenters. The highest BCUT2D eigenvalue weighted by molar-refractivity contribution is 9.11. The van der Waals surface area contributed by atoms with Crippen LogP contribution in [0.15, 0.2) is 39.4 Å². The largest absolute Gasteiger partial charge is 0.494 e. The quantitative estimate of drug-likeness (QED) is 0.684. The number of alkyl halides is 1. The van der Waals surface area contributed by atoms with Crippen molar-refractivity contribution < 1.29 is 9.15 Å². The molecule has 2 aromatic rings. The Morgan fingerprint density at radius 2 is 2.11 bits per heavy atom. The number of benzene rings is 1. The second-order valence-corrected chi connectivity index (χ2v) is 5.74. The molecule has 96 valence electrons. The van der Waals surface area contributed by atoms with Gasteiger partial charge in [0.2, 0.25) is 0 Å². The first-order chi connectivity index (χ1) is 8.61. The maximum atomic E-state index is 5.47. The zero-order valence-corrected chi connectivity index (χ0v) is 13.4. The molecule has 4 heteroatoms. The van der Waals surface area contributed by atoms with Gasteiger partial charge in [-0.05, 0) is 37.6 Å². The van der Waals surface area contributed by atoms with Crippen LogP contribution in [0.5, 0.6) is 5.75 Å². The van der Waals surface area contributed by atoms with E-state index in [4.69, 9.17) is 9.15 Å². The van der Waals surface area contributed by atoms with E-state index in [1.807, 2.05) is 32.0 Å². The molecule has 0 saturated carbocycles. The second-order valence-electron chi connectivity index (χ2n) is 3.97. The third kappa shape index (κ3) is 2.98. The SMILES string of the molecule is CCOc1ccc(C(Br)c2coc(C)c2)c(Br)c1. The van der Waals surface area contributed by atoms with Crippen LogP contribution in [0.2, 0.25) is 0 Å². The van der Waals surface area contributed by atoms with Gasteiger partial charge in [-0.2, -0.15) is 0 Å². The Kier molecular flexibility index (Phi) is 4.51. The third-order valence-corrected chi connectivity index (χ3v) is 4.31. The summed E-state index contributed by atoms with van der Waals surface area (Å²) in [5.41, 5.74) is 2.26. The maximum absolute atomic E-state index is 5.47. The Labute approximate surface area is 124 Å². The molecule has 1 unspecified atom stereocenters. The van der Waals surface area contributed by atoms with Gasteiger partial charge in [0.15, 0.2) is 0 Å². The van der Waals surface area contributed by atoms with E-state index in [2.05, 4.69) is 37.9 Å². The molecule has 0 bridgehead atoms. The number of ether oxygens (including phenoxy) is 1. The molecule has 0 saturated heterocycles. The lowest BCUT2D eigenvalue weighted by Gasteiger charge is -2.12. The van der Waals surface area contributed by atoms with Crippen molar-refractivity contribution in [1.29, 1.82) is 0 Å². The molecule has 0 spiro atoms. The first-order valence-corrected chi connectivity index (χ1v) is 7.44. The van der Waals surface area contributed by atoms with Crippen LogP contribution in [-0.2, 0) is 0 Å². The van der Waals surface area contributed by atoms with Crippen molar-refractivity contribution in [2.45, 2.75) is 18.7 Å². The van der Waals surface area contributed by atoms with E-state index in [1.165, 1.54) is 0 Å². The van der Waals surface area contributed by atoms with Crippen molar-refractivity contribution in [2.75, 3.05) is 6.61 Å². The Hall–Kier alpha value is -0.740. The molecule has 0 aliphatic heterocycles. The molecule has 1 heterocycles. The molecular weight excluding hydrogens is 360 g/mol. The van der Waals surface area contributed by atoms with Crippen LogP contribution in [-0.4, -0.2) is 6.61 Å². The maximum Gasteiger partial charge on any atom is 0.120 e. The Balaban J connectivity index is 2.28. The predicted octanol–water partition coefficient (Wildman–Crippen LogP) is 5.23. The molecule has 0 radical (unpaired) electrons. The number of hydrogen-bond donors (Lipinski definition) is 0. The number of hydrogen-bond acceptors (Lipinski definition) is 2. The molecule has 0 aliphatic carbocycles. The van der Waals surface area contributed by atoms with Crippen molar-refractivity contribution in [2.24, 2.45) is 0 Å². The highest BCUT2D eigenvalue weighted by atomic mass is 79.9. The molecule has 1 aromatic heterocycles. The van der Waals surface area contributed by atoms with Gasteiger partial charge in [0.1, 0.15) is 11.5 Å². The summed E-state index contributed by atoms with van der Waals surface area (Å²) in [7, 11) is 0. The molecule has 0 aliphatic rings. The minimum absolute atomic E-state index is 0.111. The van der Waals surface area contributed by atoms with Gasteiger partial charge in [-0.25, -0.2) is 0 Å². The molecule has 2 rings (SSSR count). The van der Waals surface area contributed by atoms with Crippen LogP contribution in [0.1, 0.15) is 28.6 Å². The van der Waals surface area contributed by atoms with E-state index in [0.29, 0.717) is 6.61 Å². The van der Waals surface area contributed by atoms with E-state index in [0.717, 1.165) is 27.1 Å². The fourth-order valence-electron chi connectivity index (χ4n) is 1.75. The average Bonchev–Trinajstić information content (AvgIpc) is 2.76. The van der Waals surface area contributed by atoms with Crippen LogP contribution >= 0.6 is 31.9 Å². The van der Waals surface area contributed by atoms with Crippen LogP contribution in [0.4, 0.5) is 0 Å². The van der Waals surface area contributed by atoms with Crippen LogP contribution in [0.25, 0.3) is 0 Å². The van der Waals surface area contributed by atoms with E-state index in [9.17, 15) is 0 Å². The summed E-state index contributed by atoms with van der Waals surface area (Å²) < 4.78 is 11.8. The Morgan fingerprint density at radius 1 is 1.33 bits per heavy atom. The average molecular weight is 374 g/mol. The van der Waals surface area contributed by atoms with E-state index < -0.39 is 0 Å². The second kappa shape index (κ2) is 5.93. The van der Waals surface area contributed by atoms with Crippen molar-refractivity contribution in [3.63, 3.8) is 0 Å². The molecule has 0 fully saturated rings. The highest BCUT2D eigenvalue weighted by Gasteiger charge is 2.16. The van der Waals surface area contributed by atoms with E-state index >= 15 is 0 Å². The van der Waals surface area contributed by atoms with Crippen molar-refractivity contribution in [3.8, 4) is 5.75 Å². The van der Waals surface area contributed by atoms with Crippen molar-refractivity contribution >= 4 is 31.9 Å². The Bertz CT molecular complexity index is 534. The lowest BCUT2D eigenvalue weighted by Crippen LogP contribution is -1.95. The van der Waals surface area contributed by atoms with Gasteiger partial charge >= 0.3 is 0 Å². The monoisotopic (exact) mass is 372 g/mol. The van der Waals surface area contributed by atoms with Crippen LogP contribution < -0.4 is 4.74 Å². The van der Waals surface area contributed by atoms with Gasteiger partial charge in [0.05, 0.1) is 17.7 Å². The smallest absolute Gasteiger partial charge is 0.120 e. The van der Waals surface area contributed by atoms with Crippen LogP contribution in [0, 0.1) is 6.92 Å². The third-order valence-electron chi connectivity index (χ3n) is 2.60. The van der Waals surface area contributed by atoms with E-state index in [1.54, 1.807) is 6.26 Å². The zero-order valence-electron chi connectivity index (χ0n) is 10.2. The summed E-state index contributed by atoms with van der Waals surface area (Å²) >= 11 is 7.27. The number of furan rings is 1. The summed E-state index contributed by atoms with van der Waals surface area (Å²) in [6.45, 7) is 4.59. The van der Waals surface area contributed by atoms with Gasteiger partial charge in [-0.1, -0.05) is 37.9 Å². The van der Waals surface area contributed by atoms with Crippen LogP contribution in [0.3, 0.4) is 0 Å². The molecular formula is C14H14Br2O2. The predicted molar refractivity (Wildman–Crippen MR) is 79.5 cm³/mol. The van der Waals surface area contributed by atoms with Gasteiger partial charge in [-0.15, -0.1) is 0 Å². The highest BCUT2D eigenvalue weighted by Crippen LogP contribution is 2.37. The summed E-state index contributed by atoms with van der Waals surface area (Å²) in [5.74, 6) is 1.78. The minimum Gasteiger partial charge on any atom is -0.494 e.